The average molecular weight is 281 g/mol. The molecule has 20 heavy (non-hydrogen) atoms. The minimum atomic E-state index is 0.463. The van der Waals surface area contributed by atoms with Crippen molar-refractivity contribution in [1.82, 2.24) is 4.90 Å². The van der Waals surface area contributed by atoms with Crippen LogP contribution in [0.25, 0.3) is 0 Å². The van der Waals surface area contributed by atoms with Gasteiger partial charge in [0.25, 0.3) is 0 Å². The standard InChI is InChI=1S/C18H36N2/c1-5-6-14-7-8-15(12-19)17(11-14)20-10-9-16(13-20)18(2,3)4/h14-17H,5-13,19H2,1-4H3. The molecular formula is C18H36N2. The summed E-state index contributed by atoms with van der Waals surface area (Å²) >= 11 is 0. The zero-order valence-corrected chi connectivity index (χ0v) is 14.2. The zero-order chi connectivity index (χ0) is 14.8. The number of likely N-dealkylation sites (tertiary alicyclic amines) is 1. The number of nitrogens with two attached hydrogens (primary N) is 1. The van der Waals surface area contributed by atoms with Gasteiger partial charge in [-0.3, -0.25) is 4.90 Å². The predicted molar refractivity (Wildman–Crippen MR) is 87.7 cm³/mol. The van der Waals surface area contributed by atoms with Gasteiger partial charge in [-0.2, -0.15) is 0 Å². The lowest BCUT2D eigenvalue weighted by Crippen LogP contribution is -2.46. The molecule has 1 aliphatic heterocycles. The van der Waals surface area contributed by atoms with E-state index >= 15 is 0 Å². The smallest absolute Gasteiger partial charge is 0.0138 e. The van der Waals surface area contributed by atoms with Crippen molar-refractivity contribution in [2.45, 2.75) is 72.3 Å². The third-order valence-electron chi connectivity index (χ3n) is 5.98. The molecule has 2 aliphatic rings. The summed E-state index contributed by atoms with van der Waals surface area (Å²) in [6.45, 7) is 13.0. The van der Waals surface area contributed by atoms with Gasteiger partial charge < -0.3 is 5.73 Å². The van der Waals surface area contributed by atoms with Gasteiger partial charge in [0.05, 0.1) is 0 Å². The van der Waals surface area contributed by atoms with Crippen molar-refractivity contribution >= 4 is 0 Å². The van der Waals surface area contributed by atoms with Crippen molar-refractivity contribution < 1.29 is 0 Å². The van der Waals surface area contributed by atoms with Crippen molar-refractivity contribution in [1.29, 1.82) is 0 Å². The minimum absolute atomic E-state index is 0.463. The maximum absolute atomic E-state index is 6.07. The molecule has 0 aromatic heterocycles. The lowest BCUT2D eigenvalue weighted by Gasteiger charge is -2.41. The summed E-state index contributed by atoms with van der Waals surface area (Å²) in [6, 6.07) is 0.776. The van der Waals surface area contributed by atoms with Gasteiger partial charge in [-0.15, -0.1) is 0 Å². The van der Waals surface area contributed by atoms with Crippen LogP contribution in [-0.2, 0) is 0 Å². The minimum Gasteiger partial charge on any atom is -0.330 e. The Morgan fingerprint density at radius 2 is 1.90 bits per heavy atom. The molecule has 0 amide bonds. The van der Waals surface area contributed by atoms with Crippen LogP contribution in [0.15, 0.2) is 0 Å². The molecule has 2 heteroatoms. The number of hydrogen-bond donors (Lipinski definition) is 1. The Balaban J connectivity index is 1.97. The summed E-state index contributed by atoms with van der Waals surface area (Å²) in [5.74, 6) is 2.58. The molecule has 0 spiro atoms. The number of hydrogen-bond acceptors (Lipinski definition) is 2. The zero-order valence-electron chi connectivity index (χ0n) is 14.2. The molecule has 1 saturated carbocycles. The molecule has 2 fully saturated rings. The van der Waals surface area contributed by atoms with Gasteiger partial charge in [0.2, 0.25) is 0 Å². The monoisotopic (exact) mass is 280 g/mol. The van der Waals surface area contributed by atoms with Crippen LogP contribution in [-0.4, -0.2) is 30.6 Å². The van der Waals surface area contributed by atoms with Crippen molar-refractivity contribution in [3.63, 3.8) is 0 Å². The third kappa shape index (κ3) is 3.76. The second-order valence-corrected chi connectivity index (χ2v) is 8.38. The van der Waals surface area contributed by atoms with E-state index in [1.54, 1.807) is 0 Å². The van der Waals surface area contributed by atoms with Crippen molar-refractivity contribution in [2.75, 3.05) is 19.6 Å². The van der Waals surface area contributed by atoms with Crippen molar-refractivity contribution in [2.24, 2.45) is 28.9 Å². The normalized spacial score (nSPS) is 36.5. The molecule has 4 atom stereocenters. The predicted octanol–water partition coefficient (Wildman–Crippen LogP) is 3.90. The molecule has 0 radical (unpaired) electrons. The van der Waals surface area contributed by atoms with E-state index in [0.717, 1.165) is 30.3 Å². The fourth-order valence-corrected chi connectivity index (χ4v) is 4.48. The summed E-state index contributed by atoms with van der Waals surface area (Å²) in [7, 11) is 0. The molecule has 1 aliphatic carbocycles. The van der Waals surface area contributed by atoms with E-state index in [2.05, 4.69) is 32.6 Å². The molecule has 2 rings (SSSR count). The fraction of sp³-hybridized carbons (Fsp3) is 1.00. The number of rotatable bonds is 4. The average Bonchev–Trinajstić information content (AvgIpc) is 2.88. The maximum Gasteiger partial charge on any atom is 0.0138 e. The Morgan fingerprint density at radius 1 is 1.15 bits per heavy atom. The molecule has 0 bridgehead atoms. The van der Waals surface area contributed by atoms with Crippen LogP contribution in [0.1, 0.15) is 66.2 Å². The molecule has 2 nitrogen and oxygen atoms in total. The fourth-order valence-electron chi connectivity index (χ4n) is 4.48. The second-order valence-electron chi connectivity index (χ2n) is 8.38. The van der Waals surface area contributed by atoms with Crippen LogP contribution >= 0.6 is 0 Å². The van der Waals surface area contributed by atoms with Crippen LogP contribution < -0.4 is 5.73 Å². The van der Waals surface area contributed by atoms with E-state index in [-0.39, 0.29) is 0 Å². The Morgan fingerprint density at radius 3 is 2.45 bits per heavy atom. The topological polar surface area (TPSA) is 29.3 Å². The maximum atomic E-state index is 6.07. The van der Waals surface area contributed by atoms with Gasteiger partial charge >= 0.3 is 0 Å². The molecule has 118 valence electrons. The van der Waals surface area contributed by atoms with Gasteiger partial charge in [0.15, 0.2) is 0 Å². The van der Waals surface area contributed by atoms with Gasteiger partial charge in [-0.25, -0.2) is 0 Å². The van der Waals surface area contributed by atoms with Crippen LogP contribution in [0.2, 0.25) is 0 Å². The lowest BCUT2D eigenvalue weighted by atomic mass is 9.75. The first kappa shape index (κ1) is 16.3. The molecule has 0 aromatic carbocycles. The Labute approximate surface area is 126 Å². The highest BCUT2D eigenvalue weighted by Gasteiger charge is 2.39. The first-order valence-electron chi connectivity index (χ1n) is 8.89. The first-order chi connectivity index (χ1) is 9.45. The van der Waals surface area contributed by atoms with Gasteiger partial charge in [-0.05, 0) is 55.5 Å². The highest BCUT2D eigenvalue weighted by Crippen LogP contribution is 2.40. The second kappa shape index (κ2) is 6.79. The van der Waals surface area contributed by atoms with E-state index in [4.69, 9.17) is 5.73 Å². The van der Waals surface area contributed by atoms with E-state index in [1.807, 2.05) is 0 Å². The third-order valence-corrected chi connectivity index (χ3v) is 5.98. The van der Waals surface area contributed by atoms with E-state index < -0.39 is 0 Å². The Hall–Kier alpha value is -0.0800. The largest absolute Gasteiger partial charge is 0.330 e. The molecule has 1 heterocycles. The summed E-state index contributed by atoms with van der Waals surface area (Å²) in [5.41, 5.74) is 6.54. The van der Waals surface area contributed by atoms with Gasteiger partial charge in [0, 0.05) is 12.6 Å². The van der Waals surface area contributed by atoms with Crippen LogP contribution in [0.4, 0.5) is 0 Å². The van der Waals surface area contributed by atoms with Crippen LogP contribution in [0, 0.1) is 23.2 Å². The van der Waals surface area contributed by atoms with Crippen molar-refractivity contribution in [3.05, 3.63) is 0 Å². The molecule has 2 N–H and O–H groups in total. The summed E-state index contributed by atoms with van der Waals surface area (Å²) in [5, 5.41) is 0. The summed E-state index contributed by atoms with van der Waals surface area (Å²) < 4.78 is 0. The highest BCUT2D eigenvalue weighted by atomic mass is 15.2. The van der Waals surface area contributed by atoms with Crippen LogP contribution in [0.3, 0.4) is 0 Å². The molecule has 4 unspecified atom stereocenters. The Kier molecular flexibility index (Phi) is 5.53. The first-order valence-corrected chi connectivity index (χ1v) is 8.89. The lowest BCUT2D eigenvalue weighted by molar-refractivity contribution is 0.0888. The highest BCUT2D eigenvalue weighted by molar-refractivity contribution is 4.93. The molecular weight excluding hydrogens is 244 g/mol. The van der Waals surface area contributed by atoms with Crippen LogP contribution in [0.5, 0.6) is 0 Å². The van der Waals surface area contributed by atoms with E-state index in [0.29, 0.717) is 5.41 Å². The quantitative estimate of drug-likeness (QED) is 0.846. The Bertz CT molecular complexity index is 294. The van der Waals surface area contributed by atoms with Gasteiger partial charge in [-0.1, -0.05) is 47.0 Å². The van der Waals surface area contributed by atoms with Crippen molar-refractivity contribution in [3.8, 4) is 0 Å². The van der Waals surface area contributed by atoms with E-state index in [9.17, 15) is 0 Å². The molecule has 1 saturated heterocycles. The summed E-state index contributed by atoms with van der Waals surface area (Å²) in [6.07, 6.45) is 8.34. The SMILES string of the molecule is CCCC1CCC(CN)C(N2CCC(C(C)(C)C)C2)C1. The molecule has 0 aromatic rings. The summed E-state index contributed by atoms with van der Waals surface area (Å²) in [4.78, 5) is 2.80. The van der Waals surface area contributed by atoms with Gasteiger partial charge in [0.1, 0.15) is 0 Å². The number of nitrogens with zero attached hydrogens (tertiary/aromatic N) is 1. The van der Waals surface area contributed by atoms with E-state index in [1.165, 1.54) is 51.6 Å².